The van der Waals surface area contributed by atoms with Crippen LogP contribution in [0.5, 0.6) is 0 Å². The number of rotatable bonds is 1. The summed E-state index contributed by atoms with van der Waals surface area (Å²) in [5.74, 6) is 0.516. The molecule has 0 aromatic heterocycles. The van der Waals surface area contributed by atoms with Crippen LogP contribution < -0.4 is 0 Å². The first-order valence-electron chi connectivity index (χ1n) is 6.78. The second-order valence-corrected chi connectivity index (χ2v) is 5.37. The zero-order valence-electron chi connectivity index (χ0n) is 10.4. The molecule has 0 heterocycles. The lowest BCUT2D eigenvalue weighted by molar-refractivity contribution is 0.897. The van der Waals surface area contributed by atoms with Crippen molar-refractivity contribution in [2.45, 2.75) is 19.3 Å². The Morgan fingerprint density at radius 3 is 3.00 bits per heavy atom. The minimum absolute atomic E-state index is 0.516. The Balaban J connectivity index is 1.66. The molecule has 4 rings (SSSR count). The first kappa shape index (κ1) is 10.1. The van der Waals surface area contributed by atoms with Gasteiger partial charge in [0.25, 0.3) is 0 Å². The summed E-state index contributed by atoms with van der Waals surface area (Å²) in [6, 6.07) is 8.75. The van der Waals surface area contributed by atoms with E-state index < -0.39 is 0 Å². The second-order valence-electron chi connectivity index (χ2n) is 5.37. The van der Waals surface area contributed by atoms with E-state index in [1.165, 1.54) is 29.5 Å². The van der Waals surface area contributed by atoms with Crippen molar-refractivity contribution in [3.05, 3.63) is 76.4 Å². The molecule has 3 aliphatic carbocycles. The highest BCUT2D eigenvalue weighted by atomic mass is 14.3. The van der Waals surface area contributed by atoms with E-state index in [1.807, 2.05) is 0 Å². The van der Waals surface area contributed by atoms with E-state index in [2.05, 4.69) is 54.6 Å². The normalized spacial score (nSPS) is 24.2. The van der Waals surface area contributed by atoms with Gasteiger partial charge in [-0.1, -0.05) is 60.2 Å². The maximum atomic E-state index is 2.47. The molecule has 1 aromatic carbocycles. The van der Waals surface area contributed by atoms with Gasteiger partial charge in [0.05, 0.1) is 0 Å². The predicted molar refractivity (Wildman–Crippen MR) is 76.2 cm³/mol. The largest absolute Gasteiger partial charge is 0.0767 e. The summed E-state index contributed by atoms with van der Waals surface area (Å²) in [6.45, 7) is 0. The van der Waals surface area contributed by atoms with Crippen LogP contribution in [0.1, 0.15) is 24.0 Å². The fraction of sp³-hybridized carbons (Fsp3) is 0.222. The SMILES string of the molecule is C1=CC(C2=Cc3ccccc3C2)C=C2CCC=C12. The molecule has 0 saturated heterocycles. The fourth-order valence-corrected chi connectivity index (χ4v) is 3.24. The molecule has 0 nitrogen and oxygen atoms in total. The Bertz CT molecular complexity index is 623. The summed E-state index contributed by atoms with van der Waals surface area (Å²) >= 11 is 0. The molecule has 18 heavy (non-hydrogen) atoms. The Hall–Kier alpha value is -1.82. The summed E-state index contributed by atoms with van der Waals surface area (Å²) < 4.78 is 0. The highest BCUT2D eigenvalue weighted by Crippen LogP contribution is 2.37. The molecule has 3 aliphatic rings. The first-order valence-corrected chi connectivity index (χ1v) is 6.78. The van der Waals surface area contributed by atoms with Crippen molar-refractivity contribution in [1.82, 2.24) is 0 Å². The van der Waals surface area contributed by atoms with Gasteiger partial charge in [-0.25, -0.2) is 0 Å². The summed E-state index contributed by atoms with van der Waals surface area (Å²) in [6.07, 6.45) is 15.5. The second kappa shape index (κ2) is 3.84. The van der Waals surface area contributed by atoms with Gasteiger partial charge in [0, 0.05) is 5.92 Å². The van der Waals surface area contributed by atoms with Gasteiger partial charge in [0.15, 0.2) is 0 Å². The van der Waals surface area contributed by atoms with Gasteiger partial charge in [-0.3, -0.25) is 0 Å². The molecular weight excluding hydrogens is 216 g/mol. The molecule has 1 aromatic rings. The van der Waals surface area contributed by atoms with Gasteiger partial charge < -0.3 is 0 Å². The summed E-state index contributed by atoms with van der Waals surface area (Å²) in [7, 11) is 0. The molecule has 0 saturated carbocycles. The quantitative estimate of drug-likeness (QED) is 0.670. The molecule has 0 N–H and O–H groups in total. The zero-order chi connectivity index (χ0) is 11.9. The van der Waals surface area contributed by atoms with Crippen molar-refractivity contribution < 1.29 is 0 Å². The van der Waals surface area contributed by atoms with Gasteiger partial charge in [0.2, 0.25) is 0 Å². The van der Waals surface area contributed by atoms with Gasteiger partial charge in [-0.15, -0.1) is 0 Å². The van der Waals surface area contributed by atoms with Crippen LogP contribution in [-0.4, -0.2) is 0 Å². The number of allylic oxidation sites excluding steroid dienone is 7. The summed E-state index contributed by atoms with van der Waals surface area (Å²) in [4.78, 5) is 0. The lowest BCUT2D eigenvalue weighted by Crippen LogP contribution is -2.03. The van der Waals surface area contributed by atoms with Crippen molar-refractivity contribution in [2.75, 3.05) is 0 Å². The third-order valence-corrected chi connectivity index (χ3v) is 4.23. The van der Waals surface area contributed by atoms with Gasteiger partial charge >= 0.3 is 0 Å². The van der Waals surface area contributed by atoms with E-state index in [0.717, 1.165) is 6.42 Å². The maximum Gasteiger partial charge on any atom is 0.0173 e. The van der Waals surface area contributed by atoms with Crippen molar-refractivity contribution in [3.8, 4) is 0 Å². The van der Waals surface area contributed by atoms with Crippen LogP contribution in [0, 0.1) is 5.92 Å². The Morgan fingerprint density at radius 1 is 1.11 bits per heavy atom. The van der Waals surface area contributed by atoms with Gasteiger partial charge in [-0.2, -0.15) is 0 Å². The van der Waals surface area contributed by atoms with Crippen LogP contribution in [0.15, 0.2) is 65.3 Å². The molecule has 88 valence electrons. The standard InChI is InChI=1S/C18H16/c1-2-5-16-12-18(11-15(16)4-1)17-9-8-13-6-3-7-14(13)10-17/h1-2,4-6,8-11,17H,3,7,12H2. The topological polar surface area (TPSA) is 0 Å². The molecule has 0 fully saturated rings. The zero-order valence-corrected chi connectivity index (χ0v) is 10.4. The van der Waals surface area contributed by atoms with E-state index in [0.29, 0.717) is 5.92 Å². The van der Waals surface area contributed by atoms with Crippen molar-refractivity contribution in [1.29, 1.82) is 0 Å². The molecule has 0 aliphatic heterocycles. The van der Waals surface area contributed by atoms with Gasteiger partial charge in [0.1, 0.15) is 0 Å². The highest BCUT2D eigenvalue weighted by Gasteiger charge is 2.21. The average Bonchev–Trinajstić information content (AvgIpc) is 3.04. The van der Waals surface area contributed by atoms with Crippen molar-refractivity contribution in [2.24, 2.45) is 5.92 Å². The summed E-state index contributed by atoms with van der Waals surface area (Å²) in [5.41, 5.74) is 7.45. The highest BCUT2D eigenvalue weighted by molar-refractivity contribution is 5.66. The molecule has 0 bridgehead atoms. The lowest BCUT2D eigenvalue weighted by Gasteiger charge is -2.16. The van der Waals surface area contributed by atoms with E-state index in [9.17, 15) is 0 Å². The van der Waals surface area contributed by atoms with Crippen LogP contribution in [0.4, 0.5) is 0 Å². The first-order chi connectivity index (χ1) is 8.90. The van der Waals surface area contributed by atoms with Crippen LogP contribution >= 0.6 is 0 Å². The molecule has 0 spiro atoms. The monoisotopic (exact) mass is 232 g/mol. The number of hydrogen-bond donors (Lipinski definition) is 0. The third kappa shape index (κ3) is 1.53. The number of hydrogen-bond acceptors (Lipinski definition) is 0. The molecule has 1 atom stereocenters. The molecule has 0 heteroatoms. The van der Waals surface area contributed by atoms with E-state index in [4.69, 9.17) is 0 Å². The van der Waals surface area contributed by atoms with Crippen molar-refractivity contribution >= 4 is 6.08 Å². The fourth-order valence-electron chi connectivity index (χ4n) is 3.24. The minimum Gasteiger partial charge on any atom is -0.0767 e. The Kier molecular flexibility index (Phi) is 2.16. The van der Waals surface area contributed by atoms with Crippen LogP contribution in [-0.2, 0) is 6.42 Å². The summed E-state index contributed by atoms with van der Waals surface area (Å²) in [5, 5.41) is 0. The smallest absolute Gasteiger partial charge is 0.0173 e. The number of fused-ring (bicyclic) bond motifs is 2. The Morgan fingerprint density at radius 2 is 2.06 bits per heavy atom. The number of benzene rings is 1. The Labute approximate surface area is 108 Å². The molecule has 1 unspecified atom stereocenters. The predicted octanol–water partition coefficient (Wildman–Crippen LogP) is 4.46. The van der Waals surface area contributed by atoms with Crippen LogP contribution in [0.2, 0.25) is 0 Å². The average molecular weight is 232 g/mol. The molecule has 0 radical (unpaired) electrons. The minimum atomic E-state index is 0.516. The van der Waals surface area contributed by atoms with E-state index in [-0.39, 0.29) is 0 Å². The molecular formula is C18H16. The van der Waals surface area contributed by atoms with Crippen LogP contribution in [0.25, 0.3) is 6.08 Å². The third-order valence-electron chi connectivity index (χ3n) is 4.23. The van der Waals surface area contributed by atoms with Crippen LogP contribution in [0.3, 0.4) is 0 Å². The molecule has 0 amide bonds. The van der Waals surface area contributed by atoms with E-state index >= 15 is 0 Å². The van der Waals surface area contributed by atoms with Crippen molar-refractivity contribution in [3.63, 3.8) is 0 Å². The van der Waals surface area contributed by atoms with Gasteiger partial charge in [-0.05, 0) is 41.5 Å². The van der Waals surface area contributed by atoms with E-state index in [1.54, 1.807) is 11.1 Å². The maximum absolute atomic E-state index is 2.47. The lowest BCUT2D eigenvalue weighted by atomic mass is 9.88.